The van der Waals surface area contributed by atoms with Crippen LogP contribution in [0.25, 0.3) is 11.0 Å². The number of nitro benzene ring substituents is 1. The van der Waals surface area contributed by atoms with Crippen LogP contribution in [0.4, 0.5) is 10.5 Å². The highest BCUT2D eigenvalue weighted by molar-refractivity contribution is 5.78. The number of nitrogens with one attached hydrogen (secondary N) is 1. The van der Waals surface area contributed by atoms with Crippen molar-refractivity contribution in [1.29, 1.82) is 0 Å². The Morgan fingerprint density at radius 2 is 2.26 bits per heavy atom. The van der Waals surface area contributed by atoms with Crippen LogP contribution in [0.5, 0.6) is 0 Å². The van der Waals surface area contributed by atoms with Crippen LogP contribution in [-0.2, 0) is 4.84 Å². The third-order valence-corrected chi connectivity index (χ3v) is 2.30. The van der Waals surface area contributed by atoms with Gasteiger partial charge in [0.1, 0.15) is 10.9 Å². The van der Waals surface area contributed by atoms with Gasteiger partial charge in [-0.15, -0.1) is 0 Å². The van der Waals surface area contributed by atoms with E-state index in [0.717, 1.165) is 0 Å². The molecule has 0 aliphatic heterocycles. The first-order valence-corrected chi connectivity index (χ1v) is 5.20. The van der Waals surface area contributed by atoms with Crippen molar-refractivity contribution in [3.8, 4) is 0 Å². The zero-order valence-corrected chi connectivity index (χ0v) is 9.82. The van der Waals surface area contributed by atoms with Crippen LogP contribution in [-0.4, -0.2) is 18.1 Å². The number of hydrogen-bond donors (Lipinski definition) is 1. The van der Waals surface area contributed by atoms with Crippen molar-refractivity contribution < 1.29 is 19.0 Å². The predicted molar refractivity (Wildman–Crippen MR) is 64.0 cm³/mol. The molecular formula is C11H9N3O5. The van der Waals surface area contributed by atoms with E-state index in [9.17, 15) is 14.9 Å². The molecule has 0 saturated carbocycles. The minimum Gasteiger partial charge on any atom is -0.464 e. The molecule has 0 radical (unpaired) electrons. The first-order valence-electron chi connectivity index (χ1n) is 5.20. The van der Waals surface area contributed by atoms with Crippen LogP contribution >= 0.6 is 0 Å². The maximum atomic E-state index is 10.9. The van der Waals surface area contributed by atoms with Crippen LogP contribution in [0.3, 0.4) is 0 Å². The van der Waals surface area contributed by atoms with Crippen molar-refractivity contribution in [1.82, 2.24) is 5.32 Å². The summed E-state index contributed by atoms with van der Waals surface area (Å²) in [5.74, 6) is 0. The summed E-state index contributed by atoms with van der Waals surface area (Å²) < 4.78 is 5.18. The lowest BCUT2D eigenvalue weighted by atomic mass is 10.2. The molecule has 1 heterocycles. The maximum Gasteiger partial charge on any atom is 0.433 e. The van der Waals surface area contributed by atoms with Gasteiger partial charge in [-0.25, -0.2) is 4.79 Å². The zero-order valence-electron chi connectivity index (χ0n) is 9.82. The first kappa shape index (κ1) is 12.6. The lowest BCUT2D eigenvalue weighted by molar-refractivity contribution is -0.384. The van der Waals surface area contributed by atoms with Gasteiger partial charge in [0.2, 0.25) is 0 Å². The number of fused-ring (bicyclic) bond motifs is 1. The van der Waals surface area contributed by atoms with Gasteiger partial charge >= 0.3 is 6.09 Å². The van der Waals surface area contributed by atoms with Gasteiger partial charge < -0.3 is 9.73 Å². The van der Waals surface area contributed by atoms with E-state index in [4.69, 9.17) is 4.42 Å². The summed E-state index contributed by atoms with van der Waals surface area (Å²) in [5.41, 5.74) is 0.289. The fourth-order valence-electron chi connectivity index (χ4n) is 1.41. The van der Waals surface area contributed by atoms with E-state index in [2.05, 4.69) is 15.3 Å². The summed E-state index contributed by atoms with van der Waals surface area (Å²) in [6.45, 7) is 0. The highest BCUT2D eigenvalue weighted by Gasteiger charge is 2.08. The molecule has 0 unspecified atom stereocenters. The Bertz CT molecular complexity index is 707. The normalized spacial score (nSPS) is 11.3. The molecule has 2 rings (SSSR count). The van der Waals surface area contributed by atoms with Gasteiger partial charge in [0.15, 0.2) is 0 Å². The Hall–Kier alpha value is -2.90. The molecule has 1 aromatic carbocycles. The van der Waals surface area contributed by atoms with Crippen LogP contribution in [0, 0.1) is 10.1 Å². The van der Waals surface area contributed by atoms with E-state index < -0.39 is 11.0 Å². The van der Waals surface area contributed by atoms with Gasteiger partial charge in [0.05, 0.1) is 16.6 Å². The smallest absolute Gasteiger partial charge is 0.433 e. The molecule has 8 heteroatoms. The molecule has 0 saturated heterocycles. The lowest BCUT2D eigenvalue weighted by Crippen LogP contribution is -2.18. The number of carbonyl (C=O) groups excluding carboxylic acids is 1. The van der Waals surface area contributed by atoms with Gasteiger partial charge in [-0.2, -0.15) is 0 Å². The van der Waals surface area contributed by atoms with Gasteiger partial charge in [-0.05, 0) is 6.07 Å². The third-order valence-electron chi connectivity index (χ3n) is 2.30. The highest BCUT2D eigenvalue weighted by atomic mass is 16.7. The van der Waals surface area contributed by atoms with Gasteiger partial charge in [0, 0.05) is 25.2 Å². The number of non-ortho nitro benzene ring substituents is 1. The molecule has 98 valence electrons. The summed E-state index contributed by atoms with van der Waals surface area (Å²) in [6.07, 6.45) is 0.611. The predicted octanol–water partition coefficient (Wildman–Crippen LogP) is 1.51. The van der Waals surface area contributed by atoms with Crippen molar-refractivity contribution >= 4 is 22.7 Å². The van der Waals surface area contributed by atoms with Crippen molar-refractivity contribution in [2.75, 3.05) is 7.05 Å². The Balaban J connectivity index is 2.57. The minimum absolute atomic E-state index is 0.106. The maximum absolute atomic E-state index is 10.9. The molecule has 0 aliphatic rings. The summed E-state index contributed by atoms with van der Waals surface area (Å²) in [4.78, 5) is 25.7. The number of rotatable bonds is 2. The molecule has 0 bridgehead atoms. The van der Waals surface area contributed by atoms with E-state index in [1.165, 1.54) is 37.6 Å². The molecule has 0 atom stereocenters. The topological polar surface area (TPSA) is 107 Å². The molecule has 1 amide bonds. The molecular weight excluding hydrogens is 254 g/mol. The molecule has 1 aromatic heterocycles. The van der Waals surface area contributed by atoms with E-state index in [1.807, 2.05) is 0 Å². The van der Waals surface area contributed by atoms with Crippen LogP contribution in [0.2, 0.25) is 0 Å². The van der Waals surface area contributed by atoms with E-state index in [-0.39, 0.29) is 11.0 Å². The second-order valence-corrected chi connectivity index (χ2v) is 3.46. The fraction of sp³-hybridized carbons (Fsp3) is 0.0909. The highest BCUT2D eigenvalue weighted by Crippen LogP contribution is 2.17. The summed E-state index contributed by atoms with van der Waals surface area (Å²) in [6, 6.07) is 5.50. The monoisotopic (exact) mass is 263 g/mol. The van der Waals surface area contributed by atoms with E-state index >= 15 is 0 Å². The minimum atomic E-state index is -0.737. The molecule has 19 heavy (non-hydrogen) atoms. The molecule has 0 spiro atoms. The Morgan fingerprint density at radius 3 is 2.95 bits per heavy atom. The second kappa shape index (κ2) is 5.17. The Morgan fingerprint density at radius 1 is 1.47 bits per heavy atom. The van der Waals surface area contributed by atoms with E-state index in [1.54, 1.807) is 0 Å². The summed E-state index contributed by atoms with van der Waals surface area (Å²) in [5, 5.41) is 17.2. The van der Waals surface area contributed by atoms with E-state index in [0.29, 0.717) is 11.0 Å². The zero-order chi connectivity index (χ0) is 13.8. The summed E-state index contributed by atoms with van der Waals surface area (Å²) in [7, 11) is 1.39. The average molecular weight is 263 g/mol. The Kier molecular flexibility index (Phi) is 3.42. The lowest BCUT2D eigenvalue weighted by Gasteiger charge is -1.98. The van der Waals surface area contributed by atoms with Crippen molar-refractivity contribution in [3.63, 3.8) is 0 Å². The molecule has 0 fully saturated rings. The van der Waals surface area contributed by atoms with Gasteiger partial charge in [0.25, 0.3) is 5.69 Å². The van der Waals surface area contributed by atoms with Crippen molar-refractivity contribution in [2.24, 2.45) is 5.16 Å². The summed E-state index contributed by atoms with van der Waals surface area (Å²) >= 11 is 0. The first-order chi connectivity index (χ1) is 9.11. The molecule has 2 aromatic rings. The largest absolute Gasteiger partial charge is 0.464 e. The quantitative estimate of drug-likeness (QED) is 0.502. The molecule has 1 N–H and O–H groups in total. The second-order valence-electron chi connectivity index (χ2n) is 3.46. The van der Waals surface area contributed by atoms with Crippen LogP contribution in [0.15, 0.2) is 40.1 Å². The van der Waals surface area contributed by atoms with Crippen molar-refractivity contribution in [2.45, 2.75) is 0 Å². The third kappa shape index (κ3) is 2.68. The standard InChI is InChI=1S/C11H9N3O5/c1-12-11(15)19-13-9-4-5-18-10-3-2-7(14(16)17)6-8(9)10/h2-6H,1H3,(H,12,15). The van der Waals surface area contributed by atoms with Crippen LogP contribution < -0.4 is 10.7 Å². The number of carbonyl (C=O) groups is 1. The SMILES string of the molecule is CNC(=O)ON=c1ccoc2ccc([N+](=O)[O-])cc12. The Labute approximate surface area is 106 Å². The van der Waals surface area contributed by atoms with Gasteiger partial charge in [-0.1, -0.05) is 5.16 Å². The number of nitrogens with zero attached hydrogens (tertiary/aromatic N) is 2. The molecule has 8 nitrogen and oxygen atoms in total. The number of hydrogen-bond acceptors (Lipinski definition) is 6. The molecule has 0 aliphatic carbocycles. The average Bonchev–Trinajstić information content (AvgIpc) is 2.43. The van der Waals surface area contributed by atoms with Crippen LogP contribution in [0.1, 0.15) is 0 Å². The number of benzene rings is 1. The van der Waals surface area contributed by atoms with Crippen molar-refractivity contribution in [3.05, 3.63) is 46.0 Å². The fourth-order valence-corrected chi connectivity index (χ4v) is 1.41. The van der Waals surface area contributed by atoms with Gasteiger partial charge in [-0.3, -0.25) is 15.0 Å². The number of nitro groups is 1. The number of amides is 1.